The highest BCUT2D eigenvalue weighted by molar-refractivity contribution is 5.87. The Hall–Kier alpha value is -2.96. The van der Waals surface area contributed by atoms with Crippen LogP contribution in [0.5, 0.6) is 5.75 Å². The van der Waals surface area contributed by atoms with Gasteiger partial charge in [0.1, 0.15) is 11.9 Å². The van der Waals surface area contributed by atoms with E-state index in [1.54, 1.807) is 25.1 Å². The number of nitrogens with one attached hydrogen (secondary N) is 1. The summed E-state index contributed by atoms with van der Waals surface area (Å²) in [6, 6.07) is 10.7. The van der Waals surface area contributed by atoms with Crippen molar-refractivity contribution in [2.45, 2.75) is 39.3 Å². The van der Waals surface area contributed by atoms with Crippen LogP contribution >= 0.6 is 0 Å². The summed E-state index contributed by atoms with van der Waals surface area (Å²) in [4.78, 5) is 26.6. The summed E-state index contributed by atoms with van der Waals surface area (Å²) >= 11 is 0. The largest absolute Gasteiger partial charge is 0.481 e. The molecule has 0 fully saturated rings. The number of para-hydroxylation sites is 1. The molecule has 2 aromatic carbocycles. The minimum atomic E-state index is -0.770. The van der Waals surface area contributed by atoms with Crippen LogP contribution < -0.4 is 10.1 Å². The van der Waals surface area contributed by atoms with Gasteiger partial charge in [0.2, 0.25) is 5.91 Å². The quantitative estimate of drug-likeness (QED) is 0.615. The number of carbonyl (C=O) groups is 2. The molecule has 1 N–H and O–H groups in total. The standard InChI is InChI=1S/C22H26F2N2O3/c1-3-4-13-25-22(28)16(2)26(14-17-9-11-18(23)12-10-17)21(27)15-29-20-8-6-5-7-19(20)24/h5-12,16H,3-4,13-15H2,1-2H3,(H,25,28)/t16-/m0/s1. The lowest BCUT2D eigenvalue weighted by atomic mass is 10.1. The molecule has 0 saturated heterocycles. The van der Waals surface area contributed by atoms with Crippen molar-refractivity contribution < 1.29 is 23.1 Å². The number of unbranched alkanes of at least 4 members (excludes halogenated alkanes) is 1. The van der Waals surface area contributed by atoms with E-state index >= 15 is 0 Å². The van der Waals surface area contributed by atoms with Crippen LogP contribution in [0.15, 0.2) is 48.5 Å². The van der Waals surface area contributed by atoms with Gasteiger partial charge in [-0.2, -0.15) is 0 Å². The van der Waals surface area contributed by atoms with Gasteiger partial charge in [-0.3, -0.25) is 9.59 Å². The molecule has 0 radical (unpaired) electrons. The topological polar surface area (TPSA) is 58.6 Å². The van der Waals surface area contributed by atoms with Crippen LogP contribution in [0, 0.1) is 11.6 Å². The van der Waals surface area contributed by atoms with Gasteiger partial charge < -0.3 is 15.0 Å². The number of amides is 2. The van der Waals surface area contributed by atoms with Crippen molar-refractivity contribution in [3.05, 3.63) is 65.7 Å². The lowest BCUT2D eigenvalue weighted by molar-refractivity contribution is -0.142. The van der Waals surface area contributed by atoms with Crippen LogP contribution in [0.4, 0.5) is 8.78 Å². The number of hydrogen-bond donors (Lipinski definition) is 1. The molecule has 2 aromatic rings. The highest BCUT2D eigenvalue weighted by Gasteiger charge is 2.26. The van der Waals surface area contributed by atoms with Gasteiger partial charge in [0.15, 0.2) is 18.2 Å². The number of rotatable bonds is 10. The van der Waals surface area contributed by atoms with Gasteiger partial charge in [-0.25, -0.2) is 8.78 Å². The predicted molar refractivity (Wildman–Crippen MR) is 106 cm³/mol. The molecule has 7 heteroatoms. The molecule has 0 unspecified atom stereocenters. The summed E-state index contributed by atoms with van der Waals surface area (Å²) in [7, 11) is 0. The Bertz CT molecular complexity index is 812. The van der Waals surface area contributed by atoms with Crippen molar-refractivity contribution in [3.63, 3.8) is 0 Å². The normalized spacial score (nSPS) is 11.6. The predicted octanol–water partition coefficient (Wildman–Crippen LogP) is 3.68. The fraction of sp³-hybridized carbons (Fsp3) is 0.364. The van der Waals surface area contributed by atoms with Gasteiger partial charge in [0.05, 0.1) is 0 Å². The average Bonchev–Trinajstić information content (AvgIpc) is 2.72. The van der Waals surface area contributed by atoms with E-state index in [-0.39, 0.29) is 24.0 Å². The van der Waals surface area contributed by atoms with Crippen molar-refractivity contribution in [3.8, 4) is 5.75 Å². The van der Waals surface area contributed by atoms with Crippen LogP contribution in [0.1, 0.15) is 32.3 Å². The summed E-state index contributed by atoms with van der Waals surface area (Å²) in [5.41, 5.74) is 0.666. The maximum Gasteiger partial charge on any atom is 0.261 e. The number of nitrogens with zero attached hydrogens (tertiary/aromatic N) is 1. The zero-order valence-corrected chi connectivity index (χ0v) is 16.7. The summed E-state index contributed by atoms with van der Waals surface area (Å²) in [6.07, 6.45) is 1.77. The van der Waals surface area contributed by atoms with E-state index in [0.29, 0.717) is 12.1 Å². The van der Waals surface area contributed by atoms with Crippen molar-refractivity contribution in [1.82, 2.24) is 10.2 Å². The second-order valence-electron chi connectivity index (χ2n) is 6.69. The zero-order valence-electron chi connectivity index (χ0n) is 16.7. The average molecular weight is 404 g/mol. The maximum absolute atomic E-state index is 13.7. The van der Waals surface area contributed by atoms with Crippen molar-refractivity contribution in [2.75, 3.05) is 13.2 Å². The molecule has 5 nitrogen and oxygen atoms in total. The SMILES string of the molecule is CCCCNC(=O)[C@H](C)N(Cc1ccc(F)cc1)C(=O)COc1ccccc1F. The maximum atomic E-state index is 13.7. The number of ether oxygens (including phenoxy) is 1. The van der Waals surface area contributed by atoms with E-state index in [4.69, 9.17) is 4.74 Å². The zero-order chi connectivity index (χ0) is 21.2. The molecule has 0 aliphatic carbocycles. The van der Waals surface area contributed by atoms with E-state index in [9.17, 15) is 18.4 Å². The minimum Gasteiger partial charge on any atom is -0.481 e. The van der Waals surface area contributed by atoms with Gasteiger partial charge in [0.25, 0.3) is 5.91 Å². The summed E-state index contributed by atoms with van der Waals surface area (Å²) in [5, 5.41) is 2.80. The molecular formula is C22H26F2N2O3. The summed E-state index contributed by atoms with van der Waals surface area (Å²) < 4.78 is 32.2. The molecule has 0 bridgehead atoms. The van der Waals surface area contributed by atoms with Crippen molar-refractivity contribution >= 4 is 11.8 Å². The first-order valence-electron chi connectivity index (χ1n) is 9.61. The fourth-order valence-electron chi connectivity index (χ4n) is 2.69. The van der Waals surface area contributed by atoms with Gasteiger partial charge in [-0.05, 0) is 43.2 Å². The van der Waals surface area contributed by atoms with E-state index in [0.717, 1.165) is 12.8 Å². The van der Waals surface area contributed by atoms with Crippen LogP contribution in [0.25, 0.3) is 0 Å². The monoisotopic (exact) mass is 404 g/mol. The molecule has 0 aliphatic heterocycles. The first-order valence-corrected chi connectivity index (χ1v) is 9.61. The lowest BCUT2D eigenvalue weighted by Gasteiger charge is -2.28. The molecule has 0 aromatic heterocycles. The highest BCUT2D eigenvalue weighted by atomic mass is 19.1. The first kappa shape index (κ1) is 22.3. The van der Waals surface area contributed by atoms with Crippen LogP contribution in [-0.4, -0.2) is 35.9 Å². The van der Waals surface area contributed by atoms with E-state index in [1.165, 1.54) is 35.2 Å². The number of hydrogen-bond acceptors (Lipinski definition) is 3. The molecule has 2 rings (SSSR count). The lowest BCUT2D eigenvalue weighted by Crippen LogP contribution is -2.49. The molecule has 0 saturated carbocycles. The van der Waals surface area contributed by atoms with Crippen LogP contribution in [-0.2, 0) is 16.1 Å². The molecule has 2 amide bonds. The van der Waals surface area contributed by atoms with Crippen molar-refractivity contribution in [1.29, 1.82) is 0 Å². The van der Waals surface area contributed by atoms with E-state index in [2.05, 4.69) is 5.32 Å². The second-order valence-corrected chi connectivity index (χ2v) is 6.69. The van der Waals surface area contributed by atoms with E-state index in [1.807, 2.05) is 6.92 Å². The molecular weight excluding hydrogens is 378 g/mol. The second kappa shape index (κ2) is 11.1. The molecule has 29 heavy (non-hydrogen) atoms. The van der Waals surface area contributed by atoms with E-state index < -0.39 is 24.4 Å². The van der Waals surface area contributed by atoms with Gasteiger partial charge in [-0.15, -0.1) is 0 Å². The third kappa shape index (κ3) is 6.85. The Morgan fingerprint density at radius 1 is 1.10 bits per heavy atom. The third-order valence-electron chi connectivity index (χ3n) is 4.45. The Morgan fingerprint density at radius 2 is 1.79 bits per heavy atom. The minimum absolute atomic E-state index is 0.0392. The summed E-state index contributed by atoms with van der Waals surface area (Å²) in [5.74, 6) is -1.77. The van der Waals surface area contributed by atoms with Crippen molar-refractivity contribution in [2.24, 2.45) is 0 Å². The summed E-state index contributed by atoms with van der Waals surface area (Å²) in [6.45, 7) is 3.83. The molecule has 0 aliphatic rings. The Labute approximate surface area is 169 Å². The molecule has 0 spiro atoms. The smallest absolute Gasteiger partial charge is 0.261 e. The number of carbonyl (C=O) groups excluding carboxylic acids is 2. The first-order chi connectivity index (χ1) is 13.9. The number of halogens is 2. The Balaban J connectivity index is 2.11. The van der Waals surface area contributed by atoms with Crippen LogP contribution in [0.2, 0.25) is 0 Å². The van der Waals surface area contributed by atoms with Gasteiger partial charge in [0, 0.05) is 13.1 Å². The molecule has 0 heterocycles. The number of benzene rings is 2. The highest BCUT2D eigenvalue weighted by Crippen LogP contribution is 2.16. The fourth-order valence-corrected chi connectivity index (χ4v) is 2.69. The Morgan fingerprint density at radius 3 is 2.45 bits per heavy atom. The Kier molecular flexibility index (Phi) is 8.58. The van der Waals surface area contributed by atoms with Gasteiger partial charge in [-0.1, -0.05) is 37.6 Å². The van der Waals surface area contributed by atoms with Crippen LogP contribution in [0.3, 0.4) is 0 Å². The molecule has 156 valence electrons. The third-order valence-corrected chi connectivity index (χ3v) is 4.45. The van der Waals surface area contributed by atoms with Gasteiger partial charge >= 0.3 is 0 Å². The molecule has 1 atom stereocenters.